The summed E-state index contributed by atoms with van der Waals surface area (Å²) in [6, 6.07) is 2.65. The third kappa shape index (κ3) is 4.08. The predicted molar refractivity (Wildman–Crippen MR) is 119 cm³/mol. The van der Waals surface area contributed by atoms with Crippen LogP contribution >= 0.6 is 0 Å². The molecule has 33 heavy (non-hydrogen) atoms. The first-order valence-corrected chi connectivity index (χ1v) is 11.6. The number of alkyl halides is 3. The van der Waals surface area contributed by atoms with Gasteiger partial charge in [-0.3, -0.25) is 14.8 Å². The van der Waals surface area contributed by atoms with E-state index in [1.165, 1.54) is 22.9 Å². The van der Waals surface area contributed by atoms with Gasteiger partial charge in [0.05, 0.1) is 18.2 Å². The smallest absolute Gasteiger partial charge is 0.371 e. The average molecular weight is 459 g/mol. The Labute approximate surface area is 192 Å². The minimum absolute atomic E-state index is 0.0724. The van der Waals surface area contributed by atoms with Crippen molar-refractivity contribution in [3.8, 4) is 0 Å². The van der Waals surface area contributed by atoms with Gasteiger partial charge >= 0.3 is 6.18 Å². The summed E-state index contributed by atoms with van der Waals surface area (Å²) in [5.74, 6) is -0.152. The van der Waals surface area contributed by atoms with Gasteiger partial charge in [0.2, 0.25) is 5.91 Å². The molecular weight excluding hydrogens is 429 g/mol. The number of aryl methyl sites for hydroxylation is 1. The zero-order valence-electron chi connectivity index (χ0n) is 19.3. The fourth-order valence-corrected chi connectivity index (χ4v) is 5.61. The molecule has 1 fully saturated rings. The molecule has 3 aliphatic rings. The molecule has 0 aromatic carbocycles. The summed E-state index contributed by atoms with van der Waals surface area (Å²) in [5.41, 5.74) is 5.88. The van der Waals surface area contributed by atoms with Crippen LogP contribution in [0.4, 0.5) is 18.9 Å². The highest BCUT2D eigenvalue weighted by Gasteiger charge is 2.38. The average Bonchev–Trinajstić information content (AvgIpc) is 3.40. The summed E-state index contributed by atoms with van der Waals surface area (Å²) in [5, 5.41) is 0. The van der Waals surface area contributed by atoms with E-state index in [0.717, 1.165) is 36.7 Å². The SMILES string of the molecule is Cc1nc2c(c3c1CC(C)(C)CC3)CN(C(=O)[C@@H]1CCN(c3ccnc(C(F)(F)F)c3)C1)C2. The third-order valence-corrected chi connectivity index (χ3v) is 7.46. The Balaban J connectivity index is 1.30. The van der Waals surface area contributed by atoms with Gasteiger partial charge in [-0.2, -0.15) is 13.2 Å². The first-order valence-electron chi connectivity index (χ1n) is 11.6. The molecule has 4 heterocycles. The molecule has 0 N–H and O–H groups in total. The van der Waals surface area contributed by atoms with Crippen molar-refractivity contribution < 1.29 is 18.0 Å². The van der Waals surface area contributed by atoms with Crippen molar-refractivity contribution in [2.75, 3.05) is 18.0 Å². The highest BCUT2D eigenvalue weighted by atomic mass is 19.4. The fourth-order valence-electron chi connectivity index (χ4n) is 5.61. The summed E-state index contributed by atoms with van der Waals surface area (Å²) >= 11 is 0. The minimum Gasteiger partial charge on any atom is -0.371 e. The van der Waals surface area contributed by atoms with Crippen LogP contribution in [0.15, 0.2) is 18.3 Å². The van der Waals surface area contributed by atoms with E-state index in [-0.39, 0.29) is 17.2 Å². The molecular formula is C25H29F3N4O. The largest absolute Gasteiger partial charge is 0.433 e. The van der Waals surface area contributed by atoms with Crippen molar-refractivity contribution in [3.63, 3.8) is 0 Å². The maximum atomic E-state index is 13.4. The van der Waals surface area contributed by atoms with Crippen LogP contribution in [0.5, 0.6) is 0 Å². The van der Waals surface area contributed by atoms with Gasteiger partial charge in [0, 0.05) is 37.2 Å². The third-order valence-electron chi connectivity index (χ3n) is 7.46. The van der Waals surface area contributed by atoms with Gasteiger partial charge in [-0.15, -0.1) is 0 Å². The molecule has 1 aliphatic carbocycles. The second-order valence-corrected chi connectivity index (χ2v) is 10.4. The molecule has 5 rings (SSSR count). The number of fused-ring (bicyclic) bond motifs is 3. The Hall–Kier alpha value is -2.64. The number of aromatic nitrogens is 2. The number of nitrogens with zero attached hydrogens (tertiary/aromatic N) is 4. The van der Waals surface area contributed by atoms with Crippen molar-refractivity contribution in [2.24, 2.45) is 11.3 Å². The highest BCUT2D eigenvalue weighted by molar-refractivity contribution is 5.81. The van der Waals surface area contributed by atoms with Gasteiger partial charge < -0.3 is 9.80 Å². The molecule has 2 aromatic heterocycles. The Bertz CT molecular complexity index is 1110. The number of hydrogen-bond donors (Lipinski definition) is 0. The van der Waals surface area contributed by atoms with E-state index < -0.39 is 11.9 Å². The number of rotatable bonds is 2. The van der Waals surface area contributed by atoms with Crippen molar-refractivity contribution in [1.82, 2.24) is 14.9 Å². The maximum absolute atomic E-state index is 13.4. The molecule has 0 spiro atoms. The van der Waals surface area contributed by atoms with Crippen LogP contribution in [-0.4, -0.2) is 33.9 Å². The van der Waals surface area contributed by atoms with Crippen LogP contribution in [0.1, 0.15) is 60.5 Å². The molecule has 2 aliphatic heterocycles. The minimum atomic E-state index is -4.48. The van der Waals surface area contributed by atoms with E-state index >= 15 is 0 Å². The second-order valence-electron chi connectivity index (χ2n) is 10.4. The number of pyridine rings is 2. The molecule has 176 valence electrons. The zero-order chi connectivity index (χ0) is 23.5. The topological polar surface area (TPSA) is 49.3 Å². The molecule has 8 heteroatoms. The maximum Gasteiger partial charge on any atom is 0.433 e. The lowest BCUT2D eigenvalue weighted by Crippen LogP contribution is -2.34. The van der Waals surface area contributed by atoms with Crippen LogP contribution in [0.25, 0.3) is 0 Å². The number of anilines is 1. The number of carbonyl (C=O) groups excluding carboxylic acids is 1. The second kappa shape index (κ2) is 7.71. The summed E-state index contributed by atoms with van der Waals surface area (Å²) < 4.78 is 39.1. The highest BCUT2D eigenvalue weighted by Crippen LogP contribution is 2.40. The fraction of sp³-hybridized carbons (Fsp3) is 0.560. The number of hydrogen-bond acceptors (Lipinski definition) is 4. The van der Waals surface area contributed by atoms with Crippen LogP contribution < -0.4 is 4.90 Å². The van der Waals surface area contributed by atoms with E-state index in [1.807, 2.05) is 9.80 Å². The lowest BCUT2D eigenvalue weighted by Gasteiger charge is -2.33. The van der Waals surface area contributed by atoms with Crippen LogP contribution in [0.3, 0.4) is 0 Å². The molecule has 0 unspecified atom stereocenters. The summed E-state index contributed by atoms with van der Waals surface area (Å²) in [7, 11) is 0. The van der Waals surface area contributed by atoms with E-state index in [0.29, 0.717) is 38.3 Å². The van der Waals surface area contributed by atoms with Crippen molar-refractivity contribution >= 4 is 11.6 Å². The first kappa shape index (κ1) is 22.2. The molecule has 0 bridgehead atoms. The van der Waals surface area contributed by atoms with Gasteiger partial charge in [0.15, 0.2) is 0 Å². The van der Waals surface area contributed by atoms with Gasteiger partial charge in [0.25, 0.3) is 0 Å². The van der Waals surface area contributed by atoms with Gasteiger partial charge in [-0.1, -0.05) is 13.8 Å². The predicted octanol–water partition coefficient (Wildman–Crippen LogP) is 4.69. The van der Waals surface area contributed by atoms with E-state index in [1.54, 1.807) is 6.07 Å². The molecule has 2 aromatic rings. The number of carbonyl (C=O) groups is 1. The molecule has 1 saturated heterocycles. The summed E-state index contributed by atoms with van der Waals surface area (Å²) in [6.07, 6.45) is 0.513. The standard InChI is InChI=1S/C25H29F3N4O/c1-15-19-11-24(2,3)7-4-18(19)20-13-32(14-21(20)30-15)23(33)16-6-9-31(12-16)17-5-8-29-22(10-17)25(26,27)28/h5,8,10,16H,4,6-7,9,11-14H2,1-3H3/t16-/m1/s1. The van der Waals surface area contributed by atoms with Gasteiger partial charge in [-0.05, 0) is 66.8 Å². The Kier molecular flexibility index (Phi) is 5.18. The summed E-state index contributed by atoms with van der Waals surface area (Å²) in [6.45, 7) is 8.76. The molecule has 1 atom stereocenters. The molecule has 0 radical (unpaired) electrons. The number of halogens is 3. The Morgan fingerprint density at radius 3 is 2.73 bits per heavy atom. The normalized spacial score (nSPS) is 21.8. The number of amides is 1. The lowest BCUT2D eigenvalue weighted by atomic mass is 9.73. The van der Waals surface area contributed by atoms with Crippen LogP contribution in [-0.2, 0) is 36.9 Å². The van der Waals surface area contributed by atoms with Gasteiger partial charge in [-0.25, -0.2) is 0 Å². The van der Waals surface area contributed by atoms with E-state index in [2.05, 4.69) is 25.8 Å². The van der Waals surface area contributed by atoms with Crippen LogP contribution in [0, 0.1) is 18.3 Å². The van der Waals surface area contributed by atoms with Crippen LogP contribution in [0.2, 0.25) is 0 Å². The van der Waals surface area contributed by atoms with Gasteiger partial charge in [0.1, 0.15) is 5.69 Å². The van der Waals surface area contributed by atoms with E-state index in [9.17, 15) is 18.0 Å². The Morgan fingerprint density at radius 1 is 1.18 bits per heavy atom. The molecule has 1 amide bonds. The molecule has 5 nitrogen and oxygen atoms in total. The first-order chi connectivity index (χ1) is 15.5. The quantitative estimate of drug-likeness (QED) is 0.655. The Morgan fingerprint density at radius 2 is 1.97 bits per heavy atom. The zero-order valence-corrected chi connectivity index (χ0v) is 19.3. The summed E-state index contributed by atoms with van der Waals surface area (Å²) in [4.78, 5) is 25.4. The lowest BCUT2D eigenvalue weighted by molar-refractivity contribution is -0.141. The van der Waals surface area contributed by atoms with Crippen molar-refractivity contribution in [1.29, 1.82) is 0 Å². The van der Waals surface area contributed by atoms with Crippen molar-refractivity contribution in [2.45, 2.75) is 65.7 Å². The monoisotopic (exact) mass is 458 g/mol. The van der Waals surface area contributed by atoms with E-state index in [4.69, 9.17) is 4.98 Å². The molecule has 0 saturated carbocycles. The van der Waals surface area contributed by atoms with Crippen molar-refractivity contribution in [3.05, 3.63) is 52.1 Å².